The first-order valence-electron chi connectivity index (χ1n) is 5.69. The third kappa shape index (κ3) is 8.01. The Labute approximate surface area is 98.4 Å². The Hall–Kier alpha value is -0.200. The van der Waals surface area contributed by atoms with E-state index in [1.165, 1.54) is 0 Å². The highest BCUT2D eigenvalue weighted by atomic mass is 16.5. The largest absolute Gasteiger partial charge is 0.396 e. The molecule has 3 N–H and O–H groups in total. The zero-order valence-corrected chi connectivity index (χ0v) is 10.7. The van der Waals surface area contributed by atoms with Crippen LogP contribution in [0, 0.1) is 5.41 Å². The van der Waals surface area contributed by atoms with Gasteiger partial charge in [0.2, 0.25) is 0 Å². The Morgan fingerprint density at radius 2 is 1.81 bits per heavy atom. The second-order valence-corrected chi connectivity index (χ2v) is 4.72. The zero-order chi connectivity index (χ0) is 12.4. The number of likely N-dealkylation sites (N-methyl/N-ethyl adjacent to an activating group) is 1. The van der Waals surface area contributed by atoms with E-state index in [0.29, 0.717) is 13.2 Å². The Morgan fingerprint density at radius 1 is 1.19 bits per heavy atom. The Morgan fingerprint density at radius 3 is 2.31 bits per heavy atom. The van der Waals surface area contributed by atoms with Crippen molar-refractivity contribution in [1.29, 1.82) is 0 Å². The van der Waals surface area contributed by atoms with Crippen molar-refractivity contribution < 1.29 is 14.9 Å². The smallest absolute Gasteiger partial charge is 0.0593 e. The highest BCUT2D eigenvalue weighted by Gasteiger charge is 2.21. The van der Waals surface area contributed by atoms with Crippen molar-refractivity contribution in [1.82, 2.24) is 10.2 Å². The summed E-state index contributed by atoms with van der Waals surface area (Å²) in [4.78, 5) is 2.07. The number of rotatable bonds is 10. The molecular formula is C11H26N2O3. The maximum absolute atomic E-state index is 9.05. The van der Waals surface area contributed by atoms with Gasteiger partial charge in [-0.15, -0.1) is 0 Å². The quantitative estimate of drug-likeness (QED) is 0.430. The normalized spacial score (nSPS) is 12.4. The lowest BCUT2D eigenvalue weighted by molar-refractivity contribution is 0.0654. The predicted octanol–water partition coefficient (Wildman–Crippen LogP) is -0.855. The topological polar surface area (TPSA) is 65.0 Å². The second-order valence-electron chi connectivity index (χ2n) is 4.72. The van der Waals surface area contributed by atoms with Gasteiger partial charge in [0.1, 0.15) is 0 Å². The van der Waals surface area contributed by atoms with Gasteiger partial charge < -0.3 is 25.2 Å². The van der Waals surface area contributed by atoms with Gasteiger partial charge in [-0.3, -0.25) is 0 Å². The lowest BCUT2D eigenvalue weighted by Crippen LogP contribution is -2.39. The first-order valence-corrected chi connectivity index (χ1v) is 5.69. The van der Waals surface area contributed by atoms with Crippen molar-refractivity contribution >= 4 is 0 Å². The molecule has 0 amide bonds. The van der Waals surface area contributed by atoms with Gasteiger partial charge in [-0.1, -0.05) is 6.92 Å². The van der Waals surface area contributed by atoms with Crippen molar-refractivity contribution in [2.45, 2.75) is 6.92 Å². The summed E-state index contributed by atoms with van der Waals surface area (Å²) in [5.41, 5.74) is -0.441. The van der Waals surface area contributed by atoms with Crippen molar-refractivity contribution in [3.05, 3.63) is 0 Å². The van der Waals surface area contributed by atoms with Gasteiger partial charge in [0, 0.05) is 25.0 Å². The van der Waals surface area contributed by atoms with Crippen LogP contribution in [-0.2, 0) is 4.74 Å². The van der Waals surface area contributed by atoms with Crippen LogP contribution < -0.4 is 5.32 Å². The lowest BCUT2D eigenvalue weighted by Gasteiger charge is -2.24. The third-order valence-electron chi connectivity index (χ3n) is 2.42. The highest BCUT2D eigenvalue weighted by molar-refractivity contribution is 4.74. The monoisotopic (exact) mass is 234 g/mol. The van der Waals surface area contributed by atoms with Crippen LogP contribution >= 0.6 is 0 Å². The molecule has 16 heavy (non-hydrogen) atoms. The van der Waals surface area contributed by atoms with Gasteiger partial charge >= 0.3 is 0 Å². The molecule has 98 valence electrons. The highest BCUT2D eigenvalue weighted by Crippen LogP contribution is 2.11. The van der Waals surface area contributed by atoms with E-state index in [1.807, 2.05) is 21.0 Å². The molecule has 0 heterocycles. The molecule has 0 radical (unpaired) electrons. The molecule has 0 aliphatic rings. The standard InChI is InChI=1S/C11H26N2O3/c1-11(9-14,10-15)8-12-4-6-16-7-5-13(2)3/h12,14-15H,4-10H2,1-3H3. The zero-order valence-electron chi connectivity index (χ0n) is 10.7. The number of nitrogens with zero attached hydrogens (tertiary/aromatic N) is 1. The maximum atomic E-state index is 9.05. The summed E-state index contributed by atoms with van der Waals surface area (Å²) in [7, 11) is 4.02. The molecule has 0 aromatic carbocycles. The van der Waals surface area contributed by atoms with Gasteiger partial charge in [0.15, 0.2) is 0 Å². The summed E-state index contributed by atoms with van der Waals surface area (Å²) in [5, 5.41) is 21.3. The van der Waals surface area contributed by atoms with Gasteiger partial charge in [-0.05, 0) is 14.1 Å². The van der Waals surface area contributed by atoms with Crippen LogP contribution in [0.1, 0.15) is 6.92 Å². The van der Waals surface area contributed by atoms with E-state index in [1.54, 1.807) is 0 Å². The summed E-state index contributed by atoms with van der Waals surface area (Å²) in [6.45, 7) is 5.45. The maximum Gasteiger partial charge on any atom is 0.0593 e. The van der Waals surface area contributed by atoms with Crippen LogP contribution in [0.5, 0.6) is 0 Å². The van der Waals surface area contributed by atoms with Gasteiger partial charge in [-0.2, -0.15) is 0 Å². The Bertz CT molecular complexity index is 161. The minimum atomic E-state index is -0.441. The van der Waals surface area contributed by atoms with E-state index < -0.39 is 5.41 Å². The van der Waals surface area contributed by atoms with Crippen LogP contribution in [0.4, 0.5) is 0 Å². The van der Waals surface area contributed by atoms with E-state index >= 15 is 0 Å². The number of hydrogen-bond donors (Lipinski definition) is 3. The van der Waals surface area contributed by atoms with Crippen molar-refractivity contribution in [3.63, 3.8) is 0 Å². The summed E-state index contributed by atoms with van der Waals surface area (Å²) in [6.07, 6.45) is 0. The number of aliphatic hydroxyl groups excluding tert-OH is 2. The molecule has 0 saturated heterocycles. The van der Waals surface area contributed by atoms with Crippen LogP contribution in [0.15, 0.2) is 0 Å². The van der Waals surface area contributed by atoms with Crippen LogP contribution in [0.3, 0.4) is 0 Å². The molecule has 0 spiro atoms. The molecule has 0 bridgehead atoms. The predicted molar refractivity (Wildman–Crippen MR) is 64.5 cm³/mol. The lowest BCUT2D eigenvalue weighted by atomic mass is 9.93. The Balaban J connectivity index is 3.33. The summed E-state index contributed by atoms with van der Waals surface area (Å²) in [5.74, 6) is 0. The molecule has 0 aromatic rings. The SMILES string of the molecule is CN(C)CCOCCNCC(C)(CO)CO. The average Bonchev–Trinajstić information content (AvgIpc) is 2.27. The molecule has 5 heteroatoms. The minimum absolute atomic E-state index is 0.0159. The second kappa shape index (κ2) is 8.90. The van der Waals surface area contributed by atoms with E-state index in [0.717, 1.165) is 19.7 Å². The fourth-order valence-corrected chi connectivity index (χ4v) is 1.05. The molecular weight excluding hydrogens is 208 g/mol. The summed E-state index contributed by atoms with van der Waals surface area (Å²) in [6, 6.07) is 0. The van der Waals surface area contributed by atoms with Crippen molar-refractivity contribution in [2.24, 2.45) is 5.41 Å². The molecule has 0 unspecified atom stereocenters. The first-order chi connectivity index (χ1) is 7.54. The number of aliphatic hydroxyl groups is 2. The van der Waals surface area contributed by atoms with Crippen molar-refractivity contribution in [3.8, 4) is 0 Å². The van der Waals surface area contributed by atoms with Gasteiger partial charge in [0.25, 0.3) is 0 Å². The fourth-order valence-electron chi connectivity index (χ4n) is 1.05. The molecule has 5 nitrogen and oxygen atoms in total. The fraction of sp³-hybridized carbons (Fsp3) is 1.00. The van der Waals surface area contributed by atoms with Crippen molar-refractivity contribution in [2.75, 3.05) is 60.2 Å². The molecule has 0 atom stereocenters. The van der Waals surface area contributed by atoms with E-state index in [-0.39, 0.29) is 13.2 Å². The number of hydrogen-bond acceptors (Lipinski definition) is 5. The Kier molecular flexibility index (Phi) is 8.78. The van der Waals surface area contributed by atoms with E-state index in [2.05, 4.69) is 10.2 Å². The number of ether oxygens (including phenoxy) is 1. The third-order valence-corrected chi connectivity index (χ3v) is 2.42. The molecule has 0 rings (SSSR count). The molecule has 0 aromatic heterocycles. The van der Waals surface area contributed by atoms with Crippen LogP contribution in [0.2, 0.25) is 0 Å². The van der Waals surface area contributed by atoms with Crippen LogP contribution in [-0.4, -0.2) is 75.3 Å². The van der Waals surface area contributed by atoms with Gasteiger partial charge in [-0.25, -0.2) is 0 Å². The van der Waals surface area contributed by atoms with E-state index in [4.69, 9.17) is 14.9 Å². The summed E-state index contributed by atoms with van der Waals surface area (Å²) < 4.78 is 5.40. The van der Waals surface area contributed by atoms with Crippen LogP contribution in [0.25, 0.3) is 0 Å². The molecule has 0 saturated carbocycles. The van der Waals surface area contributed by atoms with E-state index in [9.17, 15) is 0 Å². The summed E-state index contributed by atoms with van der Waals surface area (Å²) >= 11 is 0. The molecule has 0 fully saturated rings. The minimum Gasteiger partial charge on any atom is -0.396 e. The number of nitrogens with one attached hydrogen (secondary N) is 1. The first kappa shape index (κ1) is 15.8. The average molecular weight is 234 g/mol. The molecule has 0 aliphatic carbocycles. The van der Waals surface area contributed by atoms with Gasteiger partial charge in [0.05, 0.1) is 26.4 Å². The molecule has 0 aliphatic heterocycles.